The highest BCUT2D eigenvalue weighted by atomic mass is 16.1. The quantitative estimate of drug-likeness (QED) is 0.739. The molecule has 5 heteroatoms. The molecule has 1 aliphatic heterocycles. The number of rotatable bonds is 8. The minimum absolute atomic E-state index is 0.374. The van der Waals surface area contributed by atoms with Crippen LogP contribution >= 0.6 is 0 Å². The molecule has 0 bridgehead atoms. The predicted octanol–water partition coefficient (Wildman–Crippen LogP) is 3.78. The standard InChI is InChI=1S/C24H36N4O/c1-17(2)21-7-5-19(6-8-21)13-18(3)15-28-11-9-20(10-12-28)14-23-22(24(25)29)16-27(4)26-23/h5-8,16-18,20H,9-15H2,1-4H3,(H2,25,29). The molecule has 158 valence electrons. The molecule has 0 radical (unpaired) electrons. The second-order valence-electron chi connectivity index (χ2n) is 9.18. The Labute approximate surface area is 175 Å². The van der Waals surface area contributed by atoms with E-state index in [1.165, 1.54) is 11.1 Å². The van der Waals surface area contributed by atoms with Crippen molar-refractivity contribution in [3.63, 3.8) is 0 Å². The second kappa shape index (κ2) is 9.57. The van der Waals surface area contributed by atoms with Crippen LogP contribution in [0, 0.1) is 11.8 Å². The molecular formula is C24H36N4O. The number of likely N-dealkylation sites (tertiary alicyclic amines) is 1. The summed E-state index contributed by atoms with van der Waals surface area (Å²) in [5.74, 6) is 1.44. The van der Waals surface area contributed by atoms with E-state index in [1.807, 2.05) is 7.05 Å². The largest absolute Gasteiger partial charge is 0.365 e. The monoisotopic (exact) mass is 396 g/mol. The van der Waals surface area contributed by atoms with Gasteiger partial charge in [-0.05, 0) is 67.7 Å². The Bertz CT molecular complexity index is 801. The number of hydrogen-bond acceptors (Lipinski definition) is 3. The Morgan fingerprint density at radius 3 is 2.41 bits per heavy atom. The number of amides is 1. The zero-order valence-corrected chi connectivity index (χ0v) is 18.4. The van der Waals surface area contributed by atoms with Crippen molar-refractivity contribution in [3.05, 3.63) is 52.8 Å². The number of nitrogens with two attached hydrogens (primary N) is 1. The van der Waals surface area contributed by atoms with E-state index in [1.54, 1.807) is 10.9 Å². The summed E-state index contributed by atoms with van der Waals surface area (Å²) in [6, 6.07) is 9.13. The molecule has 1 unspecified atom stereocenters. The molecule has 0 spiro atoms. The highest BCUT2D eigenvalue weighted by Crippen LogP contribution is 2.24. The highest BCUT2D eigenvalue weighted by Gasteiger charge is 2.23. The molecule has 2 heterocycles. The normalized spacial score (nSPS) is 17.0. The lowest BCUT2D eigenvalue weighted by Crippen LogP contribution is -2.37. The van der Waals surface area contributed by atoms with Crippen LogP contribution in [0.25, 0.3) is 0 Å². The lowest BCUT2D eigenvalue weighted by atomic mass is 9.90. The number of aryl methyl sites for hydroxylation is 1. The van der Waals surface area contributed by atoms with E-state index >= 15 is 0 Å². The van der Waals surface area contributed by atoms with Gasteiger partial charge in [0, 0.05) is 19.8 Å². The van der Waals surface area contributed by atoms with Crippen molar-refractivity contribution in [2.24, 2.45) is 24.6 Å². The second-order valence-corrected chi connectivity index (χ2v) is 9.18. The number of piperidine rings is 1. The number of carbonyl (C=O) groups is 1. The molecule has 1 aliphatic rings. The van der Waals surface area contributed by atoms with E-state index in [9.17, 15) is 4.79 Å². The van der Waals surface area contributed by atoms with E-state index in [2.05, 4.69) is 55.0 Å². The Kier molecular flexibility index (Phi) is 7.12. The molecule has 1 saturated heterocycles. The summed E-state index contributed by atoms with van der Waals surface area (Å²) in [4.78, 5) is 14.2. The van der Waals surface area contributed by atoms with Crippen molar-refractivity contribution in [1.82, 2.24) is 14.7 Å². The maximum Gasteiger partial charge on any atom is 0.252 e. The average Bonchev–Trinajstić information content (AvgIpc) is 3.04. The van der Waals surface area contributed by atoms with E-state index in [0.717, 1.165) is 51.0 Å². The van der Waals surface area contributed by atoms with Gasteiger partial charge in [0.15, 0.2) is 0 Å². The van der Waals surface area contributed by atoms with Gasteiger partial charge in [-0.25, -0.2) is 0 Å². The molecular weight excluding hydrogens is 360 g/mol. The first-order chi connectivity index (χ1) is 13.8. The molecule has 0 saturated carbocycles. The van der Waals surface area contributed by atoms with Gasteiger partial charge in [-0.15, -0.1) is 0 Å². The van der Waals surface area contributed by atoms with Crippen molar-refractivity contribution in [1.29, 1.82) is 0 Å². The van der Waals surface area contributed by atoms with Crippen molar-refractivity contribution in [2.75, 3.05) is 19.6 Å². The molecule has 0 aliphatic carbocycles. The summed E-state index contributed by atoms with van der Waals surface area (Å²) in [7, 11) is 1.84. The summed E-state index contributed by atoms with van der Waals surface area (Å²) < 4.78 is 1.69. The van der Waals surface area contributed by atoms with Crippen LogP contribution in [0.5, 0.6) is 0 Å². The molecule has 1 aromatic carbocycles. The minimum atomic E-state index is -0.374. The van der Waals surface area contributed by atoms with Gasteiger partial charge in [-0.2, -0.15) is 5.10 Å². The molecule has 1 atom stereocenters. The fourth-order valence-electron chi connectivity index (χ4n) is 4.48. The fourth-order valence-corrected chi connectivity index (χ4v) is 4.48. The Morgan fingerprint density at radius 1 is 1.17 bits per heavy atom. The van der Waals surface area contributed by atoms with Crippen LogP contribution in [-0.2, 0) is 19.9 Å². The van der Waals surface area contributed by atoms with Crippen molar-refractivity contribution in [3.8, 4) is 0 Å². The Morgan fingerprint density at radius 2 is 1.83 bits per heavy atom. The molecule has 1 amide bonds. The number of aromatic nitrogens is 2. The van der Waals surface area contributed by atoms with Crippen molar-refractivity contribution >= 4 is 5.91 Å². The third-order valence-corrected chi connectivity index (χ3v) is 6.16. The molecule has 1 fully saturated rings. The van der Waals surface area contributed by atoms with Crippen LogP contribution in [0.4, 0.5) is 0 Å². The van der Waals surface area contributed by atoms with Crippen molar-refractivity contribution in [2.45, 2.75) is 52.4 Å². The van der Waals surface area contributed by atoms with Gasteiger partial charge in [0.05, 0.1) is 11.3 Å². The van der Waals surface area contributed by atoms with Gasteiger partial charge >= 0.3 is 0 Å². The van der Waals surface area contributed by atoms with E-state index in [0.29, 0.717) is 23.3 Å². The van der Waals surface area contributed by atoms with Crippen LogP contribution in [0.1, 0.15) is 66.7 Å². The predicted molar refractivity (Wildman–Crippen MR) is 118 cm³/mol. The van der Waals surface area contributed by atoms with Crippen LogP contribution in [0.3, 0.4) is 0 Å². The number of primary amides is 1. The van der Waals surface area contributed by atoms with Crippen LogP contribution < -0.4 is 5.73 Å². The molecule has 2 N–H and O–H groups in total. The van der Waals surface area contributed by atoms with E-state index in [-0.39, 0.29) is 5.91 Å². The van der Waals surface area contributed by atoms with Gasteiger partial charge in [0.2, 0.25) is 0 Å². The molecule has 2 aromatic rings. The number of benzene rings is 1. The van der Waals surface area contributed by atoms with Gasteiger partial charge < -0.3 is 10.6 Å². The Hall–Kier alpha value is -2.14. The van der Waals surface area contributed by atoms with Crippen molar-refractivity contribution < 1.29 is 4.79 Å². The first kappa shape index (κ1) is 21.6. The van der Waals surface area contributed by atoms with Crippen LogP contribution in [0.15, 0.2) is 30.5 Å². The lowest BCUT2D eigenvalue weighted by Gasteiger charge is -2.33. The third kappa shape index (κ3) is 5.92. The summed E-state index contributed by atoms with van der Waals surface area (Å²) in [6.07, 6.45) is 6.04. The smallest absolute Gasteiger partial charge is 0.252 e. The van der Waals surface area contributed by atoms with Crippen LogP contribution in [0.2, 0.25) is 0 Å². The Balaban J connectivity index is 1.45. The summed E-state index contributed by atoms with van der Waals surface area (Å²) >= 11 is 0. The number of hydrogen-bond donors (Lipinski definition) is 1. The zero-order chi connectivity index (χ0) is 21.0. The minimum Gasteiger partial charge on any atom is -0.365 e. The number of carbonyl (C=O) groups excluding carboxylic acids is 1. The number of nitrogens with zero attached hydrogens (tertiary/aromatic N) is 3. The molecule has 3 rings (SSSR count). The van der Waals surface area contributed by atoms with Gasteiger partial charge in [-0.3, -0.25) is 9.48 Å². The average molecular weight is 397 g/mol. The van der Waals surface area contributed by atoms with E-state index < -0.39 is 0 Å². The van der Waals surface area contributed by atoms with Gasteiger partial charge in [-0.1, -0.05) is 45.0 Å². The maximum atomic E-state index is 11.6. The first-order valence-electron chi connectivity index (χ1n) is 10.9. The molecule has 29 heavy (non-hydrogen) atoms. The van der Waals surface area contributed by atoms with Crippen LogP contribution in [-0.4, -0.2) is 40.2 Å². The summed E-state index contributed by atoms with van der Waals surface area (Å²) in [6.45, 7) is 10.2. The summed E-state index contributed by atoms with van der Waals surface area (Å²) in [5, 5.41) is 4.46. The first-order valence-corrected chi connectivity index (χ1v) is 10.9. The topological polar surface area (TPSA) is 64.2 Å². The molecule has 5 nitrogen and oxygen atoms in total. The SMILES string of the molecule is CC(Cc1ccc(C(C)C)cc1)CN1CCC(Cc2nn(C)cc2C(N)=O)CC1. The fraction of sp³-hybridized carbons (Fsp3) is 0.583. The maximum absolute atomic E-state index is 11.6. The van der Waals surface area contributed by atoms with E-state index in [4.69, 9.17) is 5.73 Å². The lowest BCUT2D eigenvalue weighted by molar-refractivity contribution is 0.0998. The highest BCUT2D eigenvalue weighted by molar-refractivity contribution is 5.93. The van der Waals surface area contributed by atoms with Gasteiger partial charge in [0.25, 0.3) is 5.91 Å². The third-order valence-electron chi connectivity index (χ3n) is 6.16. The zero-order valence-electron chi connectivity index (χ0n) is 18.4. The summed E-state index contributed by atoms with van der Waals surface area (Å²) in [5.41, 5.74) is 9.78. The van der Waals surface area contributed by atoms with Gasteiger partial charge in [0.1, 0.15) is 0 Å². The molecule has 1 aromatic heterocycles.